The normalized spacial score (nSPS) is 18.9. The highest BCUT2D eigenvalue weighted by molar-refractivity contribution is 7.53. The number of benzene rings is 1. The van der Waals surface area contributed by atoms with Crippen molar-refractivity contribution < 1.29 is 9.09 Å². The number of rotatable bonds is 9. The molecule has 0 bridgehead atoms. The summed E-state index contributed by atoms with van der Waals surface area (Å²) >= 11 is 11.8. The molecule has 1 saturated heterocycles. The molecule has 7 heteroatoms. The average molecular weight is 379 g/mol. The van der Waals surface area contributed by atoms with Crippen molar-refractivity contribution in [2.45, 2.75) is 25.9 Å². The van der Waals surface area contributed by atoms with Gasteiger partial charge in [0.2, 0.25) is 0 Å². The van der Waals surface area contributed by atoms with Gasteiger partial charge in [-0.25, -0.2) is 9.34 Å². The number of piperidine rings is 1. The van der Waals surface area contributed by atoms with Gasteiger partial charge < -0.3 is 4.52 Å². The lowest BCUT2D eigenvalue weighted by Crippen LogP contribution is -2.38. The number of hydrogen-bond donors (Lipinski definition) is 0. The van der Waals surface area contributed by atoms with Gasteiger partial charge in [0.15, 0.2) is 0 Å². The van der Waals surface area contributed by atoms with Crippen LogP contribution in [0.5, 0.6) is 0 Å². The molecule has 130 valence electrons. The van der Waals surface area contributed by atoms with Gasteiger partial charge in [-0.15, -0.1) is 23.2 Å². The van der Waals surface area contributed by atoms with E-state index in [4.69, 9.17) is 27.7 Å². The van der Waals surface area contributed by atoms with E-state index in [2.05, 4.69) is 0 Å². The van der Waals surface area contributed by atoms with E-state index >= 15 is 0 Å². The van der Waals surface area contributed by atoms with Gasteiger partial charge in [-0.05, 0) is 18.4 Å². The van der Waals surface area contributed by atoms with Crippen LogP contribution in [0.15, 0.2) is 30.3 Å². The molecular weight excluding hydrogens is 354 g/mol. The van der Waals surface area contributed by atoms with Crippen molar-refractivity contribution in [1.29, 1.82) is 0 Å². The Labute approximate surface area is 149 Å². The third-order valence-corrected chi connectivity index (χ3v) is 7.01. The smallest absolute Gasteiger partial charge is 0.301 e. The third-order valence-electron chi connectivity index (χ3n) is 3.97. The Morgan fingerprint density at radius 2 is 1.65 bits per heavy atom. The van der Waals surface area contributed by atoms with Crippen LogP contribution < -0.4 is 0 Å². The van der Waals surface area contributed by atoms with Crippen LogP contribution in [-0.2, 0) is 15.7 Å². The van der Waals surface area contributed by atoms with Crippen LogP contribution in [-0.4, -0.2) is 47.3 Å². The molecule has 0 amide bonds. The highest BCUT2D eigenvalue weighted by Gasteiger charge is 2.38. The molecule has 23 heavy (non-hydrogen) atoms. The zero-order chi connectivity index (χ0) is 16.5. The molecule has 4 nitrogen and oxygen atoms in total. The molecule has 1 heterocycles. The Morgan fingerprint density at radius 3 is 2.22 bits per heavy atom. The Bertz CT molecular complexity index is 492. The van der Waals surface area contributed by atoms with Gasteiger partial charge in [0.25, 0.3) is 0 Å². The summed E-state index contributed by atoms with van der Waals surface area (Å²) in [4.78, 5) is 0. The molecule has 0 aliphatic carbocycles. The minimum absolute atomic E-state index is 0.329. The molecule has 1 aliphatic heterocycles. The van der Waals surface area contributed by atoms with Crippen LogP contribution in [0.2, 0.25) is 0 Å². The van der Waals surface area contributed by atoms with Crippen LogP contribution in [0.25, 0.3) is 0 Å². The molecule has 0 spiro atoms. The average Bonchev–Trinajstić information content (AvgIpc) is 2.61. The topological polar surface area (TPSA) is 32.8 Å². The largest absolute Gasteiger partial charge is 0.346 e. The monoisotopic (exact) mass is 378 g/mol. The second-order valence-corrected chi connectivity index (χ2v) is 8.72. The van der Waals surface area contributed by atoms with Crippen LogP contribution in [0.3, 0.4) is 0 Å². The summed E-state index contributed by atoms with van der Waals surface area (Å²) in [5, 5.41) is 0. The minimum atomic E-state index is -3.11. The van der Waals surface area contributed by atoms with E-state index < -0.39 is 7.67 Å². The van der Waals surface area contributed by atoms with Crippen molar-refractivity contribution in [3.8, 4) is 0 Å². The van der Waals surface area contributed by atoms with Crippen LogP contribution in [0.1, 0.15) is 24.8 Å². The molecule has 0 N–H and O–H groups in total. The lowest BCUT2D eigenvalue weighted by Gasteiger charge is -2.39. The predicted octanol–water partition coefficient (Wildman–Crippen LogP) is 4.58. The third kappa shape index (κ3) is 5.45. The standard InChI is InChI=1S/C16H25Cl2N2O2P/c17-9-13-20(14-10-18)23(21,19-11-5-2-6-12-19)22-15-16-7-3-1-4-8-16/h1,3-4,7-8H,2,5-6,9-15H2/t23-/m1/s1. The molecule has 1 atom stereocenters. The molecule has 0 unspecified atom stereocenters. The molecule has 0 aromatic heterocycles. The number of nitrogens with zero attached hydrogens (tertiary/aromatic N) is 2. The lowest BCUT2D eigenvalue weighted by molar-refractivity contribution is 0.191. The zero-order valence-corrected chi connectivity index (χ0v) is 15.8. The van der Waals surface area contributed by atoms with Crippen molar-refractivity contribution in [3.05, 3.63) is 35.9 Å². The van der Waals surface area contributed by atoms with Gasteiger partial charge in [0.1, 0.15) is 0 Å². The van der Waals surface area contributed by atoms with E-state index in [1.165, 1.54) is 6.42 Å². The van der Waals surface area contributed by atoms with Crippen molar-refractivity contribution in [1.82, 2.24) is 9.34 Å². The van der Waals surface area contributed by atoms with Gasteiger partial charge >= 0.3 is 7.67 Å². The summed E-state index contributed by atoms with van der Waals surface area (Å²) in [6, 6.07) is 9.84. The Kier molecular flexibility index (Phi) is 8.39. The Balaban J connectivity index is 2.16. The first-order chi connectivity index (χ1) is 11.2. The minimum Gasteiger partial charge on any atom is -0.301 e. The van der Waals surface area contributed by atoms with Crippen molar-refractivity contribution in [3.63, 3.8) is 0 Å². The number of alkyl halides is 2. The van der Waals surface area contributed by atoms with E-state index in [9.17, 15) is 4.57 Å². The quantitative estimate of drug-likeness (QED) is 0.465. The lowest BCUT2D eigenvalue weighted by atomic mass is 10.2. The fraction of sp³-hybridized carbons (Fsp3) is 0.625. The van der Waals surface area contributed by atoms with Gasteiger partial charge in [-0.1, -0.05) is 36.8 Å². The molecule has 2 rings (SSSR count). The molecule has 1 aliphatic rings. The zero-order valence-electron chi connectivity index (χ0n) is 13.4. The molecule has 1 aromatic rings. The van der Waals surface area contributed by atoms with E-state index in [0.29, 0.717) is 31.5 Å². The SMILES string of the molecule is O=[P@](OCc1ccccc1)(N(CCCl)CCCl)N1CCCCC1. The maximum atomic E-state index is 13.7. The van der Waals surface area contributed by atoms with Crippen LogP contribution in [0.4, 0.5) is 0 Å². The Morgan fingerprint density at radius 1 is 1.04 bits per heavy atom. The van der Waals surface area contributed by atoms with E-state index in [0.717, 1.165) is 31.5 Å². The number of halogens is 2. The second-order valence-electron chi connectivity index (χ2n) is 5.60. The fourth-order valence-electron chi connectivity index (χ4n) is 2.76. The first kappa shape index (κ1) is 19.2. The van der Waals surface area contributed by atoms with Gasteiger partial charge in [0.05, 0.1) is 6.61 Å². The highest BCUT2D eigenvalue weighted by atomic mass is 35.5. The summed E-state index contributed by atoms with van der Waals surface area (Å²) in [6.45, 7) is 2.95. The summed E-state index contributed by atoms with van der Waals surface area (Å²) in [6.07, 6.45) is 3.28. The van der Waals surface area contributed by atoms with Crippen LogP contribution >= 0.6 is 30.9 Å². The maximum Gasteiger partial charge on any atom is 0.346 e. The van der Waals surface area contributed by atoms with Crippen molar-refractivity contribution in [2.24, 2.45) is 0 Å². The maximum absolute atomic E-state index is 13.7. The van der Waals surface area contributed by atoms with E-state index in [-0.39, 0.29) is 0 Å². The van der Waals surface area contributed by atoms with Gasteiger partial charge in [-0.2, -0.15) is 0 Å². The molecular formula is C16H25Cl2N2O2P. The molecule has 1 aromatic carbocycles. The van der Waals surface area contributed by atoms with Crippen molar-refractivity contribution in [2.75, 3.05) is 37.9 Å². The number of hydrogen-bond acceptors (Lipinski definition) is 2. The molecule has 0 radical (unpaired) electrons. The van der Waals surface area contributed by atoms with Gasteiger partial charge in [0, 0.05) is 37.9 Å². The summed E-state index contributed by atoms with van der Waals surface area (Å²) < 4.78 is 23.6. The van der Waals surface area contributed by atoms with E-state index in [1.54, 1.807) is 0 Å². The fourth-order valence-corrected chi connectivity index (χ4v) is 5.90. The molecule has 0 saturated carbocycles. The highest BCUT2D eigenvalue weighted by Crippen LogP contribution is 2.55. The van der Waals surface area contributed by atoms with Crippen LogP contribution in [0, 0.1) is 0 Å². The summed E-state index contributed by atoms with van der Waals surface area (Å²) in [7, 11) is -3.11. The Hall–Kier alpha value is -0.0900. The first-order valence-electron chi connectivity index (χ1n) is 8.12. The predicted molar refractivity (Wildman–Crippen MR) is 97.3 cm³/mol. The molecule has 1 fully saturated rings. The second kappa shape index (κ2) is 10.0. The van der Waals surface area contributed by atoms with Crippen molar-refractivity contribution >= 4 is 30.9 Å². The summed E-state index contributed by atoms with van der Waals surface area (Å²) in [5.74, 6) is 0.812. The first-order valence-corrected chi connectivity index (χ1v) is 10.7. The van der Waals surface area contributed by atoms with E-state index in [1.807, 2.05) is 39.7 Å². The summed E-state index contributed by atoms with van der Waals surface area (Å²) in [5.41, 5.74) is 1.02. The van der Waals surface area contributed by atoms with Gasteiger partial charge in [-0.3, -0.25) is 4.57 Å².